The summed E-state index contributed by atoms with van der Waals surface area (Å²) in [5.74, 6) is -0.359. The van der Waals surface area contributed by atoms with Gasteiger partial charge in [-0.05, 0) is 25.6 Å². The first kappa shape index (κ1) is 24.2. The van der Waals surface area contributed by atoms with E-state index in [1.165, 1.54) is 13.1 Å². The first-order valence-electron chi connectivity index (χ1n) is 9.35. The van der Waals surface area contributed by atoms with Crippen LogP contribution in [-0.4, -0.2) is 88.3 Å². The van der Waals surface area contributed by atoms with Crippen LogP contribution in [0.1, 0.15) is 20.3 Å². The Kier molecular flexibility index (Phi) is 10.5. The van der Waals surface area contributed by atoms with Crippen LogP contribution in [0.4, 0.5) is 5.95 Å². The van der Waals surface area contributed by atoms with Crippen LogP contribution in [0.15, 0.2) is 18.2 Å². The van der Waals surface area contributed by atoms with Crippen LogP contribution in [0, 0.1) is 0 Å². The lowest BCUT2D eigenvalue weighted by molar-refractivity contribution is -0.135. The van der Waals surface area contributed by atoms with Gasteiger partial charge in [-0.25, -0.2) is 4.98 Å². The van der Waals surface area contributed by atoms with Crippen LogP contribution in [-0.2, 0) is 9.59 Å². The van der Waals surface area contributed by atoms with Gasteiger partial charge in [0.1, 0.15) is 5.75 Å². The quantitative estimate of drug-likeness (QED) is 0.537. The molecule has 0 aliphatic carbocycles. The van der Waals surface area contributed by atoms with E-state index in [0.29, 0.717) is 5.95 Å². The number of hydrogen-bond donors (Lipinski definition) is 4. The first-order chi connectivity index (χ1) is 13.7. The van der Waals surface area contributed by atoms with Crippen LogP contribution in [0.25, 0.3) is 11.0 Å². The highest BCUT2D eigenvalue weighted by atomic mass is 16.5. The summed E-state index contributed by atoms with van der Waals surface area (Å²) in [6.07, 6.45) is 1.05. The van der Waals surface area contributed by atoms with Crippen molar-refractivity contribution in [1.82, 2.24) is 19.8 Å². The number of benzene rings is 1. The molecule has 1 aliphatic rings. The van der Waals surface area contributed by atoms with E-state index in [-0.39, 0.29) is 0 Å². The third-order valence-electron chi connectivity index (χ3n) is 3.95. The highest BCUT2D eigenvalue weighted by Gasteiger charge is 2.12. The molecule has 0 amide bonds. The Bertz CT molecular complexity index is 751. The number of aliphatic carboxylic acids is 2. The maximum atomic E-state index is 9.00. The molecule has 1 aromatic carbocycles. The zero-order chi connectivity index (χ0) is 21.8. The number of ether oxygens (including phenoxy) is 1. The van der Waals surface area contributed by atoms with E-state index in [1.54, 1.807) is 0 Å². The zero-order valence-corrected chi connectivity index (χ0v) is 17.2. The number of imidazole rings is 1. The number of likely N-dealkylation sites (N-methyl/N-ethyl adjacent to an activating group) is 1. The van der Waals surface area contributed by atoms with Gasteiger partial charge < -0.3 is 35.5 Å². The number of anilines is 1. The molecular formula is C19H31N5O5. The molecule has 1 saturated heterocycles. The average Bonchev–Trinajstić information content (AvgIpc) is 2.98. The number of carboxylic acid groups (broad SMARTS) is 2. The summed E-state index contributed by atoms with van der Waals surface area (Å²) in [7, 11) is 2.18. The molecule has 3 rings (SSSR count). The lowest BCUT2D eigenvalue weighted by Crippen LogP contribution is -2.44. The van der Waals surface area contributed by atoms with E-state index >= 15 is 0 Å². The number of rotatable bonds is 5. The minimum atomic E-state index is -0.833. The molecule has 0 atom stereocenters. The minimum Gasteiger partial charge on any atom is -0.493 e. The van der Waals surface area contributed by atoms with Gasteiger partial charge in [0.15, 0.2) is 5.95 Å². The number of aromatic nitrogens is 2. The summed E-state index contributed by atoms with van der Waals surface area (Å²) in [6, 6.07) is 5.82. The average molecular weight is 409 g/mol. The molecule has 0 saturated carbocycles. The fourth-order valence-electron chi connectivity index (χ4n) is 2.65. The standard InChI is InChI=1S/C15H23N5O.2C2H4O2/c1-19-6-8-20(9-7-19)5-2-10-21-12-3-4-13-14(11-12)18-15(16)17-13;2*1-2(3)4/h3-4,11H,2,5-10H2,1H3,(H3,16,17,18);2*1H3,(H,3,4). The van der Waals surface area contributed by atoms with E-state index in [9.17, 15) is 0 Å². The topological polar surface area (TPSA) is 145 Å². The second-order valence-electron chi connectivity index (χ2n) is 6.69. The van der Waals surface area contributed by atoms with Gasteiger partial charge in [-0.2, -0.15) is 0 Å². The van der Waals surface area contributed by atoms with Crippen molar-refractivity contribution in [3.05, 3.63) is 18.2 Å². The molecular weight excluding hydrogens is 378 g/mol. The van der Waals surface area contributed by atoms with Gasteiger partial charge in [0, 0.05) is 52.6 Å². The van der Waals surface area contributed by atoms with Gasteiger partial charge in [-0.1, -0.05) is 0 Å². The number of H-pyrrole nitrogens is 1. The highest BCUT2D eigenvalue weighted by molar-refractivity contribution is 5.78. The lowest BCUT2D eigenvalue weighted by Gasteiger charge is -2.32. The number of carboxylic acids is 2. The number of hydrogen-bond acceptors (Lipinski definition) is 7. The number of carbonyl (C=O) groups is 2. The zero-order valence-electron chi connectivity index (χ0n) is 17.2. The summed E-state index contributed by atoms with van der Waals surface area (Å²) in [5.41, 5.74) is 7.43. The van der Waals surface area contributed by atoms with Gasteiger partial charge in [0.2, 0.25) is 0 Å². The number of nitrogens with zero attached hydrogens (tertiary/aromatic N) is 3. The van der Waals surface area contributed by atoms with Gasteiger partial charge in [0.05, 0.1) is 17.6 Å². The smallest absolute Gasteiger partial charge is 0.300 e. The fourth-order valence-corrected chi connectivity index (χ4v) is 2.65. The largest absolute Gasteiger partial charge is 0.493 e. The molecule has 2 heterocycles. The lowest BCUT2D eigenvalue weighted by atomic mass is 10.3. The molecule has 10 heteroatoms. The number of fused-ring (bicyclic) bond motifs is 1. The monoisotopic (exact) mass is 409 g/mol. The summed E-state index contributed by atoms with van der Waals surface area (Å²) in [5, 5.41) is 14.8. The molecule has 0 unspecified atom stereocenters. The molecule has 0 radical (unpaired) electrons. The van der Waals surface area contributed by atoms with Crippen molar-refractivity contribution < 1.29 is 24.5 Å². The van der Waals surface area contributed by atoms with Crippen molar-refractivity contribution in [2.45, 2.75) is 20.3 Å². The van der Waals surface area contributed by atoms with Gasteiger partial charge in [-0.15, -0.1) is 0 Å². The molecule has 10 nitrogen and oxygen atoms in total. The Morgan fingerprint density at radius 1 is 1.17 bits per heavy atom. The summed E-state index contributed by atoms with van der Waals surface area (Å²) in [4.78, 5) is 30.1. The molecule has 29 heavy (non-hydrogen) atoms. The van der Waals surface area contributed by atoms with Gasteiger partial charge in [0.25, 0.3) is 11.9 Å². The molecule has 1 aromatic heterocycles. The van der Waals surface area contributed by atoms with E-state index < -0.39 is 11.9 Å². The molecule has 162 valence electrons. The van der Waals surface area contributed by atoms with Crippen molar-refractivity contribution in [2.24, 2.45) is 0 Å². The molecule has 1 aliphatic heterocycles. The van der Waals surface area contributed by atoms with Crippen molar-refractivity contribution in [2.75, 3.05) is 52.1 Å². The first-order valence-corrected chi connectivity index (χ1v) is 9.35. The Morgan fingerprint density at radius 3 is 2.34 bits per heavy atom. The second kappa shape index (κ2) is 12.6. The molecule has 1 fully saturated rings. The van der Waals surface area contributed by atoms with E-state index in [4.69, 9.17) is 30.3 Å². The number of aromatic amines is 1. The van der Waals surface area contributed by atoms with Crippen LogP contribution in [0.2, 0.25) is 0 Å². The van der Waals surface area contributed by atoms with Crippen molar-refractivity contribution in [1.29, 1.82) is 0 Å². The van der Waals surface area contributed by atoms with Crippen molar-refractivity contribution in [3.63, 3.8) is 0 Å². The molecule has 0 bridgehead atoms. The Morgan fingerprint density at radius 2 is 1.76 bits per heavy atom. The predicted octanol–water partition coefficient (Wildman–Crippen LogP) is 1.34. The Balaban J connectivity index is 0.000000452. The predicted molar refractivity (Wildman–Crippen MR) is 111 cm³/mol. The van der Waals surface area contributed by atoms with Crippen molar-refractivity contribution >= 4 is 28.9 Å². The number of nitrogen functional groups attached to an aromatic ring is 1. The van der Waals surface area contributed by atoms with Crippen LogP contribution >= 0.6 is 0 Å². The van der Waals surface area contributed by atoms with E-state index in [0.717, 1.165) is 63.3 Å². The SMILES string of the molecule is CC(=O)O.CC(=O)O.CN1CCN(CCCOc2ccc3nc(N)[nH]c3c2)CC1. The number of nitrogens with one attached hydrogen (secondary N) is 1. The fraction of sp³-hybridized carbons (Fsp3) is 0.526. The van der Waals surface area contributed by atoms with Gasteiger partial charge in [-0.3, -0.25) is 9.59 Å². The van der Waals surface area contributed by atoms with Crippen LogP contribution in [0.5, 0.6) is 5.75 Å². The minimum absolute atomic E-state index is 0.442. The Hall–Kier alpha value is -2.85. The third kappa shape index (κ3) is 10.9. The Labute approximate surface area is 170 Å². The van der Waals surface area contributed by atoms with E-state index in [1.807, 2.05) is 18.2 Å². The number of piperazine rings is 1. The maximum absolute atomic E-state index is 9.00. The summed E-state index contributed by atoms with van der Waals surface area (Å²) < 4.78 is 5.81. The van der Waals surface area contributed by atoms with Crippen molar-refractivity contribution in [3.8, 4) is 5.75 Å². The third-order valence-corrected chi connectivity index (χ3v) is 3.95. The normalized spacial score (nSPS) is 14.3. The molecule has 2 aromatic rings. The van der Waals surface area contributed by atoms with Crippen LogP contribution < -0.4 is 10.5 Å². The number of nitrogens with two attached hydrogens (primary N) is 1. The summed E-state index contributed by atoms with van der Waals surface area (Å²) >= 11 is 0. The molecule has 0 spiro atoms. The van der Waals surface area contributed by atoms with Crippen LogP contribution in [0.3, 0.4) is 0 Å². The van der Waals surface area contributed by atoms with Gasteiger partial charge >= 0.3 is 0 Å². The maximum Gasteiger partial charge on any atom is 0.300 e. The van der Waals surface area contributed by atoms with E-state index in [2.05, 4.69) is 26.8 Å². The summed E-state index contributed by atoms with van der Waals surface area (Å²) in [6.45, 7) is 8.66. The highest BCUT2D eigenvalue weighted by Crippen LogP contribution is 2.19. The molecule has 5 N–H and O–H groups in total. The second-order valence-corrected chi connectivity index (χ2v) is 6.69.